The van der Waals surface area contributed by atoms with E-state index in [0.29, 0.717) is 37.7 Å². The van der Waals surface area contributed by atoms with Crippen molar-refractivity contribution in [3.8, 4) is 22.0 Å². The summed E-state index contributed by atoms with van der Waals surface area (Å²) in [5.74, 6) is 0.806. The predicted molar refractivity (Wildman–Crippen MR) is 127 cm³/mol. The van der Waals surface area contributed by atoms with Gasteiger partial charge in [0, 0.05) is 62.1 Å². The van der Waals surface area contributed by atoms with Crippen molar-refractivity contribution in [1.82, 2.24) is 25.0 Å². The number of thiazole rings is 1. The van der Waals surface area contributed by atoms with Gasteiger partial charge in [-0.15, -0.1) is 21.5 Å². The molecule has 0 aliphatic carbocycles. The van der Waals surface area contributed by atoms with Gasteiger partial charge in [-0.05, 0) is 36.4 Å². The molecule has 1 fully saturated rings. The Labute approximate surface area is 200 Å². The lowest BCUT2D eigenvalue weighted by Crippen LogP contribution is -2.48. The van der Waals surface area contributed by atoms with E-state index >= 15 is 0 Å². The average Bonchev–Trinajstić information content (AvgIpc) is 3.54. The van der Waals surface area contributed by atoms with Crippen molar-refractivity contribution in [2.45, 2.75) is 19.4 Å². The number of hydrogen-bond donors (Lipinski definition) is 0. The predicted octanol–water partition coefficient (Wildman–Crippen LogP) is 4.28. The van der Waals surface area contributed by atoms with Crippen LogP contribution in [0.1, 0.15) is 18.0 Å². The van der Waals surface area contributed by atoms with Gasteiger partial charge in [0.25, 0.3) is 0 Å². The van der Waals surface area contributed by atoms with Gasteiger partial charge in [0.2, 0.25) is 17.7 Å². The minimum Gasteiger partial charge on any atom is -0.421 e. The Morgan fingerprint density at radius 3 is 2.50 bits per heavy atom. The number of aromatic nitrogens is 3. The van der Waals surface area contributed by atoms with Crippen molar-refractivity contribution in [2.75, 3.05) is 26.2 Å². The van der Waals surface area contributed by atoms with Gasteiger partial charge in [-0.3, -0.25) is 9.69 Å². The minimum absolute atomic E-state index is 0.103. The maximum Gasteiger partial charge on any atom is 0.247 e. The Kier molecular flexibility index (Phi) is 6.73. The number of rotatable bonds is 7. The van der Waals surface area contributed by atoms with Crippen LogP contribution in [-0.2, 0) is 17.8 Å². The lowest BCUT2D eigenvalue weighted by atomic mass is 10.2. The molecule has 3 heterocycles. The molecule has 5 rings (SSSR count). The van der Waals surface area contributed by atoms with Crippen molar-refractivity contribution in [3.05, 3.63) is 77.4 Å². The minimum atomic E-state index is -0.248. The van der Waals surface area contributed by atoms with Crippen LogP contribution in [-0.4, -0.2) is 57.1 Å². The van der Waals surface area contributed by atoms with Gasteiger partial charge in [0.1, 0.15) is 10.8 Å². The summed E-state index contributed by atoms with van der Waals surface area (Å²) >= 11 is 1.56. The van der Waals surface area contributed by atoms with E-state index in [-0.39, 0.29) is 11.7 Å². The summed E-state index contributed by atoms with van der Waals surface area (Å²) in [6.45, 7) is 3.71. The molecule has 1 aliphatic heterocycles. The number of piperazine rings is 1. The molecule has 1 saturated heterocycles. The first kappa shape index (κ1) is 22.4. The monoisotopic (exact) mass is 477 g/mol. The van der Waals surface area contributed by atoms with Crippen LogP contribution < -0.4 is 0 Å². The van der Waals surface area contributed by atoms with Crippen molar-refractivity contribution in [2.24, 2.45) is 0 Å². The second kappa shape index (κ2) is 10.2. The molecule has 4 aromatic rings. The summed E-state index contributed by atoms with van der Waals surface area (Å²) < 4.78 is 18.8. The molecule has 0 radical (unpaired) electrons. The molecule has 2 aromatic heterocycles. The van der Waals surface area contributed by atoms with Gasteiger partial charge in [-0.1, -0.05) is 18.2 Å². The Balaban J connectivity index is 1.08. The number of halogens is 1. The number of carbonyl (C=O) groups excluding carboxylic acids is 1. The standard InChI is InChI=1S/C25H24FN5O2S/c26-20-8-6-19(7-9-20)25-27-21(17-34-25)16-30-12-14-31(15-13-30)23(32)11-10-22-28-29-24(33-22)18-4-2-1-3-5-18/h1-9,17H,10-16H2. The molecule has 2 aromatic carbocycles. The second-order valence-corrected chi connectivity index (χ2v) is 9.03. The Morgan fingerprint density at radius 2 is 1.74 bits per heavy atom. The van der Waals surface area contributed by atoms with Gasteiger partial charge < -0.3 is 9.32 Å². The number of nitrogens with zero attached hydrogens (tertiary/aromatic N) is 5. The van der Waals surface area contributed by atoms with E-state index in [4.69, 9.17) is 9.40 Å². The molecule has 34 heavy (non-hydrogen) atoms. The number of hydrogen-bond acceptors (Lipinski definition) is 7. The smallest absolute Gasteiger partial charge is 0.247 e. The highest BCUT2D eigenvalue weighted by molar-refractivity contribution is 7.13. The van der Waals surface area contributed by atoms with E-state index in [2.05, 4.69) is 15.1 Å². The number of benzene rings is 2. The van der Waals surface area contributed by atoms with Crippen LogP contribution in [0.3, 0.4) is 0 Å². The quantitative estimate of drug-likeness (QED) is 0.396. The van der Waals surface area contributed by atoms with Gasteiger partial charge in [-0.2, -0.15) is 0 Å². The van der Waals surface area contributed by atoms with Crippen molar-refractivity contribution < 1.29 is 13.6 Å². The molecule has 0 bridgehead atoms. The van der Waals surface area contributed by atoms with Crippen molar-refractivity contribution in [3.63, 3.8) is 0 Å². The Morgan fingerprint density at radius 1 is 0.971 bits per heavy atom. The molecule has 0 atom stereocenters. The van der Waals surface area contributed by atoms with Crippen LogP contribution in [0.2, 0.25) is 0 Å². The number of aryl methyl sites for hydroxylation is 1. The van der Waals surface area contributed by atoms with Crippen molar-refractivity contribution in [1.29, 1.82) is 0 Å². The molecule has 1 aliphatic rings. The van der Waals surface area contributed by atoms with Gasteiger partial charge in [0.05, 0.1) is 5.69 Å². The fraction of sp³-hybridized carbons (Fsp3) is 0.280. The summed E-state index contributed by atoms with van der Waals surface area (Å²) in [7, 11) is 0. The summed E-state index contributed by atoms with van der Waals surface area (Å²) in [6, 6.07) is 16.0. The summed E-state index contributed by atoms with van der Waals surface area (Å²) in [5.41, 5.74) is 2.79. The van der Waals surface area contributed by atoms with Crippen LogP contribution in [0.5, 0.6) is 0 Å². The summed E-state index contributed by atoms with van der Waals surface area (Å²) in [5, 5.41) is 11.1. The Hall–Kier alpha value is -3.43. The lowest BCUT2D eigenvalue weighted by Gasteiger charge is -2.34. The SMILES string of the molecule is O=C(CCc1nnc(-c2ccccc2)o1)N1CCN(Cc2csc(-c3ccc(F)cc3)n2)CC1. The first-order valence-corrected chi connectivity index (χ1v) is 12.1. The summed E-state index contributed by atoms with van der Waals surface area (Å²) in [6.07, 6.45) is 0.785. The van der Waals surface area contributed by atoms with Crippen LogP contribution >= 0.6 is 11.3 Å². The maximum atomic E-state index is 13.1. The highest BCUT2D eigenvalue weighted by Gasteiger charge is 2.22. The van der Waals surface area contributed by atoms with E-state index in [9.17, 15) is 9.18 Å². The molecule has 0 N–H and O–H groups in total. The number of carbonyl (C=O) groups is 1. The molecule has 0 spiro atoms. The van der Waals surface area contributed by atoms with E-state index in [1.165, 1.54) is 12.1 Å². The molecule has 7 nitrogen and oxygen atoms in total. The van der Waals surface area contributed by atoms with Crippen LogP contribution in [0.25, 0.3) is 22.0 Å². The second-order valence-electron chi connectivity index (χ2n) is 8.17. The lowest BCUT2D eigenvalue weighted by molar-refractivity contribution is -0.133. The molecular weight excluding hydrogens is 453 g/mol. The van der Waals surface area contributed by atoms with E-state index in [1.54, 1.807) is 23.5 Å². The van der Waals surface area contributed by atoms with Gasteiger partial charge >= 0.3 is 0 Å². The largest absolute Gasteiger partial charge is 0.421 e. The molecular formula is C25H24FN5O2S. The van der Waals surface area contributed by atoms with E-state index in [0.717, 1.165) is 41.5 Å². The highest BCUT2D eigenvalue weighted by atomic mass is 32.1. The third-order valence-corrected chi connectivity index (χ3v) is 6.73. The fourth-order valence-electron chi connectivity index (χ4n) is 3.91. The molecule has 0 saturated carbocycles. The maximum absolute atomic E-state index is 13.1. The first-order valence-electron chi connectivity index (χ1n) is 11.2. The fourth-order valence-corrected chi connectivity index (χ4v) is 4.73. The van der Waals surface area contributed by atoms with Crippen molar-refractivity contribution >= 4 is 17.2 Å². The molecule has 1 amide bonds. The zero-order valence-electron chi connectivity index (χ0n) is 18.6. The highest BCUT2D eigenvalue weighted by Crippen LogP contribution is 2.25. The van der Waals surface area contributed by atoms with Crippen LogP contribution in [0.4, 0.5) is 4.39 Å². The zero-order chi connectivity index (χ0) is 23.3. The molecule has 0 unspecified atom stereocenters. The topological polar surface area (TPSA) is 75.4 Å². The van der Waals surface area contributed by atoms with E-state index in [1.807, 2.05) is 40.6 Å². The first-order chi connectivity index (χ1) is 16.6. The van der Waals surface area contributed by atoms with Gasteiger partial charge in [0.15, 0.2) is 0 Å². The Bertz CT molecular complexity index is 1230. The molecule has 9 heteroatoms. The van der Waals surface area contributed by atoms with Crippen LogP contribution in [0.15, 0.2) is 64.4 Å². The molecule has 174 valence electrons. The average molecular weight is 478 g/mol. The van der Waals surface area contributed by atoms with E-state index < -0.39 is 0 Å². The number of amides is 1. The normalized spacial score (nSPS) is 14.4. The van der Waals surface area contributed by atoms with Crippen LogP contribution in [0, 0.1) is 5.82 Å². The third-order valence-electron chi connectivity index (χ3n) is 5.79. The summed E-state index contributed by atoms with van der Waals surface area (Å²) in [4.78, 5) is 21.6. The third kappa shape index (κ3) is 5.37. The zero-order valence-corrected chi connectivity index (χ0v) is 19.4. The van der Waals surface area contributed by atoms with Gasteiger partial charge in [-0.25, -0.2) is 9.37 Å².